The second-order valence-electron chi connectivity index (χ2n) is 5.86. The van der Waals surface area contributed by atoms with Gasteiger partial charge in [-0.25, -0.2) is 4.39 Å². The van der Waals surface area contributed by atoms with E-state index in [-0.39, 0.29) is 23.2 Å². The average Bonchev–Trinajstić information content (AvgIpc) is 2.23. The minimum absolute atomic E-state index is 0.0148. The van der Waals surface area contributed by atoms with Crippen LogP contribution >= 0.6 is 0 Å². The van der Waals surface area contributed by atoms with Gasteiger partial charge in [-0.15, -0.1) is 0 Å². The number of halogens is 1. The van der Waals surface area contributed by atoms with Crippen LogP contribution in [-0.4, -0.2) is 23.7 Å². The zero-order chi connectivity index (χ0) is 14.6. The van der Waals surface area contributed by atoms with Gasteiger partial charge in [0.25, 0.3) is 5.91 Å². The Morgan fingerprint density at radius 2 is 2.11 bits per heavy atom. The molecule has 1 aromatic rings. The Morgan fingerprint density at radius 1 is 1.47 bits per heavy atom. The maximum absolute atomic E-state index is 12.9. The summed E-state index contributed by atoms with van der Waals surface area (Å²) in [5, 5.41) is 12.4. The minimum atomic E-state index is -0.620. The largest absolute Gasteiger partial charge is 0.398 e. The first-order valence-electron chi connectivity index (χ1n) is 6.20. The van der Waals surface area contributed by atoms with E-state index in [2.05, 4.69) is 5.32 Å². The highest BCUT2D eigenvalue weighted by molar-refractivity contribution is 5.99. The van der Waals surface area contributed by atoms with Crippen molar-refractivity contribution in [1.82, 2.24) is 5.32 Å². The van der Waals surface area contributed by atoms with Crippen LogP contribution in [0.3, 0.4) is 0 Å². The van der Waals surface area contributed by atoms with Crippen molar-refractivity contribution < 1.29 is 14.3 Å². The number of carbonyl (C=O) groups excluding carboxylic acids is 1. The molecule has 1 aromatic carbocycles. The van der Waals surface area contributed by atoms with Crippen molar-refractivity contribution >= 4 is 11.6 Å². The number of hydrogen-bond donors (Lipinski definition) is 3. The maximum Gasteiger partial charge on any atom is 0.253 e. The van der Waals surface area contributed by atoms with Crippen LogP contribution in [0.1, 0.15) is 37.6 Å². The van der Waals surface area contributed by atoms with Crippen LogP contribution in [-0.2, 0) is 0 Å². The fourth-order valence-corrected chi connectivity index (χ4v) is 1.83. The van der Waals surface area contributed by atoms with Crippen molar-refractivity contribution in [3.8, 4) is 0 Å². The highest BCUT2D eigenvalue weighted by atomic mass is 19.1. The molecule has 1 unspecified atom stereocenters. The van der Waals surface area contributed by atoms with Gasteiger partial charge in [0.05, 0.1) is 11.7 Å². The van der Waals surface area contributed by atoms with Crippen molar-refractivity contribution in [2.24, 2.45) is 5.41 Å². The Morgan fingerprint density at radius 3 is 2.63 bits per heavy atom. The monoisotopic (exact) mass is 268 g/mol. The topological polar surface area (TPSA) is 75.3 Å². The first-order chi connectivity index (χ1) is 8.69. The second kappa shape index (κ2) is 6.02. The first kappa shape index (κ1) is 15.4. The third-order valence-corrected chi connectivity index (χ3v) is 2.60. The van der Waals surface area contributed by atoms with Crippen molar-refractivity contribution in [2.45, 2.75) is 33.3 Å². The number of hydrogen-bond acceptors (Lipinski definition) is 3. The molecular weight excluding hydrogens is 247 g/mol. The van der Waals surface area contributed by atoms with Crippen LogP contribution in [0.4, 0.5) is 10.1 Å². The molecule has 1 rings (SSSR count). The normalized spacial score (nSPS) is 13.1. The van der Waals surface area contributed by atoms with E-state index in [9.17, 15) is 14.3 Å². The summed E-state index contributed by atoms with van der Waals surface area (Å²) < 4.78 is 12.9. The molecule has 19 heavy (non-hydrogen) atoms. The molecule has 5 heteroatoms. The molecule has 1 amide bonds. The average molecular weight is 268 g/mol. The van der Waals surface area contributed by atoms with Gasteiger partial charge in [-0.3, -0.25) is 4.79 Å². The number of nitrogens with one attached hydrogen (secondary N) is 1. The molecule has 0 saturated carbocycles. The van der Waals surface area contributed by atoms with E-state index in [0.717, 1.165) is 6.07 Å². The van der Waals surface area contributed by atoms with Gasteiger partial charge in [0.15, 0.2) is 0 Å². The molecule has 0 saturated heterocycles. The van der Waals surface area contributed by atoms with E-state index in [1.165, 1.54) is 12.1 Å². The minimum Gasteiger partial charge on any atom is -0.398 e. The van der Waals surface area contributed by atoms with Crippen LogP contribution < -0.4 is 11.1 Å². The lowest BCUT2D eigenvalue weighted by Gasteiger charge is -2.22. The van der Waals surface area contributed by atoms with Crippen molar-refractivity contribution in [3.05, 3.63) is 29.6 Å². The predicted octanol–water partition coefficient (Wildman–Crippen LogP) is 1.93. The molecule has 0 aliphatic rings. The first-order valence-corrected chi connectivity index (χ1v) is 6.20. The van der Waals surface area contributed by atoms with Gasteiger partial charge in [-0.2, -0.15) is 0 Å². The van der Waals surface area contributed by atoms with E-state index >= 15 is 0 Å². The molecule has 0 aliphatic heterocycles. The number of rotatable bonds is 4. The lowest BCUT2D eigenvalue weighted by atomic mass is 9.89. The molecule has 4 N–H and O–H groups in total. The Labute approximate surface area is 112 Å². The third-order valence-electron chi connectivity index (χ3n) is 2.60. The van der Waals surface area contributed by atoms with E-state index in [0.29, 0.717) is 6.42 Å². The number of aliphatic hydroxyl groups is 1. The molecule has 1 atom stereocenters. The zero-order valence-electron chi connectivity index (χ0n) is 11.5. The van der Waals surface area contributed by atoms with Gasteiger partial charge < -0.3 is 16.2 Å². The van der Waals surface area contributed by atoms with E-state index in [4.69, 9.17) is 5.73 Å². The molecule has 0 bridgehead atoms. The highest BCUT2D eigenvalue weighted by Crippen LogP contribution is 2.20. The van der Waals surface area contributed by atoms with Crippen LogP contribution in [0.2, 0.25) is 0 Å². The predicted molar refractivity (Wildman–Crippen MR) is 73.2 cm³/mol. The van der Waals surface area contributed by atoms with Gasteiger partial charge in [-0.05, 0) is 30.0 Å². The van der Waals surface area contributed by atoms with Gasteiger partial charge >= 0.3 is 0 Å². The van der Waals surface area contributed by atoms with Gasteiger partial charge in [-0.1, -0.05) is 20.8 Å². The lowest BCUT2D eigenvalue weighted by Crippen LogP contribution is -2.34. The summed E-state index contributed by atoms with van der Waals surface area (Å²) >= 11 is 0. The molecule has 106 valence electrons. The molecule has 0 spiro atoms. The Bertz CT molecular complexity index is 455. The van der Waals surface area contributed by atoms with Gasteiger partial charge in [0.1, 0.15) is 5.82 Å². The Balaban J connectivity index is 2.56. The van der Waals surface area contributed by atoms with Crippen molar-refractivity contribution in [2.75, 3.05) is 12.3 Å². The molecule has 0 heterocycles. The number of anilines is 1. The summed E-state index contributed by atoms with van der Waals surface area (Å²) in [6, 6.07) is 3.60. The molecule has 0 radical (unpaired) electrons. The van der Waals surface area contributed by atoms with Crippen molar-refractivity contribution in [3.63, 3.8) is 0 Å². The molecule has 4 nitrogen and oxygen atoms in total. The van der Waals surface area contributed by atoms with Crippen LogP contribution in [0, 0.1) is 11.2 Å². The summed E-state index contributed by atoms with van der Waals surface area (Å²) in [4.78, 5) is 11.8. The summed E-state index contributed by atoms with van der Waals surface area (Å²) in [6.07, 6.45) is -0.0442. The molecule has 0 fully saturated rings. The highest BCUT2D eigenvalue weighted by Gasteiger charge is 2.18. The number of amides is 1. The SMILES string of the molecule is CC(C)(C)CC(O)CNC(=O)c1ccc(F)cc1N. The van der Waals surface area contributed by atoms with Crippen LogP contribution in [0.5, 0.6) is 0 Å². The lowest BCUT2D eigenvalue weighted by molar-refractivity contribution is 0.0869. The Kier molecular flexibility index (Phi) is 4.89. The second-order valence-corrected chi connectivity index (χ2v) is 5.86. The number of nitrogens with two attached hydrogens (primary N) is 1. The van der Waals surface area contributed by atoms with E-state index < -0.39 is 17.8 Å². The smallest absolute Gasteiger partial charge is 0.253 e. The quantitative estimate of drug-likeness (QED) is 0.730. The number of benzene rings is 1. The van der Waals surface area contributed by atoms with Gasteiger partial charge in [0.2, 0.25) is 0 Å². The standard InChI is InChI=1S/C14H21FN2O2/c1-14(2,3)7-10(18)8-17-13(19)11-5-4-9(15)6-12(11)16/h4-6,10,18H,7-8,16H2,1-3H3,(H,17,19). The van der Waals surface area contributed by atoms with Crippen molar-refractivity contribution in [1.29, 1.82) is 0 Å². The fourth-order valence-electron chi connectivity index (χ4n) is 1.83. The fraction of sp³-hybridized carbons (Fsp3) is 0.500. The number of aliphatic hydroxyl groups excluding tert-OH is 1. The molecule has 0 aromatic heterocycles. The summed E-state index contributed by atoms with van der Waals surface area (Å²) in [7, 11) is 0. The summed E-state index contributed by atoms with van der Waals surface area (Å²) in [6.45, 7) is 6.18. The number of nitrogen functional groups attached to an aromatic ring is 1. The molecule has 0 aliphatic carbocycles. The van der Waals surface area contributed by atoms with E-state index in [1.54, 1.807) is 0 Å². The van der Waals surface area contributed by atoms with Crippen LogP contribution in [0.25, 0.3) is 0 Å². The van der Waals surface area contributed by atoms with E-state index in [1.807, 2.05) is 20.8 Å². The van der Waals surface area contributed by atoms with Gasteiger partial charge in [0, 0.05) is 12.2 Å². The third kappa shape index (κ3) is 5.26. The summed E-state index contributed by atoms with van der Waals surface area (Å²) in [5.74, 6) is -0.896. The maximum atomic E-state index is 12.9. The zero-order valence-corrected chi connectivity index (χ0v) is 11.5. The Hall–Kier alpha value is -1.62. The molecular formula is C14H21FN2O2. The van der Waals surface area contributed by atoms with Crippen LogP contribution in [0.15, 0.2) is 18.2 Å². The number of carbonyl (C=O) groups is 1. The summed E-state index contributed by atoms with van der Waals surface area (Å²) in [5.41, 5.74) is 5.85.